The van der Waals surface area contributed by atoms with Crippen LogP contribution in [0.4, 0.5) is 17.3 Å². The van der Waals surface area contributed by atoms with Crippen molar-refractivity contribution in [3.8, 4) is 0 Å². The maximum absolute atomic E-state index is 4.51. The normalized spacial score (nSPS) is 10.5. The number of anilines is 3. The quantitative estimate of drug-likeness (QED) is 0.775. The van der Waals surface area contributed by atoms with E-state index in [-0.39, 0.29) is 0 Å². The van der Waals surface area contributed by atoms with E-state index < -0.39 is 0 Å². The van der Waals surface area contributed by atoms with Gasteiger partial charge in [-0.25, -0.2) is 9.97 Å². The molecular formula is C16H22N4S. The Morgan fingerprint density at radius 2 is 1.71 bits per heavy atom. The van der Waals surface area contributed by atoms with E-state index in [4.69, 9.17) is 0 Å². The maximum atomic E-state index is 4.51. The first kappa shape index (κ1) is 15.6. The SMILES string of the molecule is CCCNc1nc(C)nc(Nc2ccc(SC)cc2)c1C. The van der Waals surface area contributed by atoms with Gasteiger partial charge >= 0.3 is 0 Å². The van der Waals surface area contributed by atoms with Crippen LogP contribution in [0.5, 0.6) is 0 Å². The van der Waals surface area contributed by atoms with Gasteiger partial charge in [0.05, 0.1) is 0 Å². The van der Waals surface area contributed by atoms with E-state index in [0.717, 1.165) is 41.7 Å². The van der Waals surface area contributed by atoms with Gasteiger partial charge in [0.2, 0.25) is 0 Å². The van der Waals surface area contributed by atoms with Crippen LogP contribution in [0, 0.1) is 13.8 Å². The summed E-state index contributed by atoms with van der Waals surface area (Å²) in [5, 5.41) is 6.73. The average molecular weight is 302 g/mol. The number of hydrogen-bond acceptors (Lipinski definition) is 5. The van der Waals surface area contributed by atoms with E-state index in [1.54, 1.807) is 11.8 Å². The molecule has 0 amide bonds. The first-order valence-electron chi connectivity index (χ1n) is 7.14. The molecule has 112 valence electrons. The number of rotatable bonds is 6. The van der Waals surface area contributed by atoms with Crippen LogP contribution in [0.1, 0.15) is 24.7 Å². The summed E-state index contributed by atoms with van der Waals surface area (Å²) in [5.41, 5.74) is 2.08. The molecule has 0 bridgehead atoms. The highest BCUT2D eigenvalue weighted by Gasteiger charge is 2.09. The molecule has 0 radical (unpaired) electrons. The molecule has 0 aliphatic rings. The third-order valence-corrected chi connectivity index (χ3v) is 3.90. The lowest BCUT2D eigenvalue weighted by molar-refractivity contribution is 0.948. The van der Waals surface area contributed by atoms with Crippen molar-refractivity contribution in [2.45, 2.75) is 32.1 Å². The van der Waals surface area contributed by atoms with Gasteiger partial charge in [-0.3, -0.25) is 0 Å². The highest BCUT2D eigenvalue weighted by Crippen LogP contribution is 2.25. The minimum Gasteiger partial charge on any atom is -0.370 e. The van der Waals surface area contributed by atoms with Gasteiger partial charge in [0, 0.05) is 22.7 Å². The number of thioether (sulfide) groups is 1. The molecule has 0 atom stereocenters. The molecule has 2 rings (SSSR count). The van der Waals surface area contributed by atoms with Crippen molar-refractivity contribution in [1.82, 2.24) is 9.97 Å². The van der Waals surface area contributed by atoms with E-state index in [9.17, 15) is 0 Å². The molecule has 2 aromatic rings. The van der Waals surface area contributed by atoms with E-state index in [2.05, 4.69) is 58.0 Å². The number of nitrogens with zero attached hydrogens (tertiary/aromatic N) is 2. The number of nitrogens with one attached hydrogen (secondary N) is 2. The Morgan fingerprint density at radius 3 is 2.33 bits per heavy atom. The van der Waals surface area contributed by atoms with Crippen molar-refractivity contribution in [2.75, 3.05) is 23.4 Å². The summed E-state index contributed by atoms with van der Waals surface area (Å²) in [6.45, 7) is 7.01. The van der Waals surface area contributed by atoms with Gasteiger partial charge < -0.3 is 10.6 Å². The van der Waals surface area contributed by atoms with Crippen LogP contribution in [0.2, 0.25) is 0 Å². The first-order valence-corrected chi connectivity index (χ1v) is 8.36. The second kappa shape index (κ2) is 7.31. The minimum atomic E-state index is 0.766. The number of aromatic nitrogens is 2. The van der Waals surface area contributed by atoms with Gasteiger partial charge in [0.1, 0.15) is 17.5 Å². The highest BCUT2D eigenvalue weighted by atomic mass is 32.2. The van der Waals surface area contributed by atoms with Crippen molar-refractivity contribution < 1.29 is 0 Å². The second-order valence-corrected chi connectivity index (χ2v) is 5.75. The second-order valence-electron chi connectivity index (χ2n) is 4.87. The summed E-state index contributed by atoms with van der Waals surface area (Å²) in [7, 11) is 0. The van der Waals surface area contributed by atoms with Crippen LogP contribution in [0.15, 0.2) is 29.2 Å². The summed E-state index contributed by atoms with van der Waals surface area (Å²) in [4.78, 5) is 10.2. The van der Waals surface area contributed by atoms with Crippen LogP contribution in [0.25, 0.3) is 0 Å². The van der Waals surface area contributed by atoms with Crippen molar-refractivity contribution >= 4 is 29.1 Å². The molecular weight excluding hydrogens is 280 g/mol. The van der Waals surface area contributed by atoms with Crippen LogP contribution < -0.4 is 10.6 Å². The third-order valence-electron chi connectivity index (χ3n) is 3.15. The summed E-state index contributed by atoms with van der Waals surface area (Å²) < 4.78 is 0. The summed E-state index contributed by atoms with van der Waals surface area (Å²) >= 11 is 1.74. The van der Waals surface area contributed by atoms with Gasteiger partial charge in [-0.1, -0.05) is 6.92 Å². The van der Waals surface area contributed by atoms with E-state index in [1.165, 1.54) is 4.90 Å². The zero-order valence-electron chi connectivity index (χ0n) is 13.0. The van der Waals surface area contributed by atoms with Crippen molar-refractivity contribution in [3.05, 3.63) is 35.7 Å². The maximum Gasteiger partial charge on any atom is 0.139 e. The average Bonchev–Trinajstić information content (AvgIpc) is 2.50. The monoisotopic (exact) mass is 302 g/mol. The van der Waals surface area contributed by atoms with Gasteiger partial charge in [-0.2, -0.15) is 0 Å². The smallest absolute Gasteiger partial charge is 0.139 e. The standard InChI is InChI=1S/C16H22N4S/c1-5-10-17-15-11(2)16(19-12(3)18-15)20-13-6-8-14(21-4)9-7-13/h6-9H,5,10H2,1-4H3,(H2,17,18,19,20). The Balaban J connectivity index is 2.23. The Bertz CT molecular complexity index is 596. The Hall–Kier alpha value is -1.75. The number of benzene rings is 1. The number of aryl methyl sites for hydroxylation is 1. The minimum absolute atomic E-state index is 0.766. The number of hydrogen-bond donors (Lipinski definition) is 2. The van der Waals surface area contributed by atoms with Crippen molar-refractivity contribution in [3.63, 3.8) is 0 Å². The lowest BCUT2D eigenvalue weighted by atomic mass is 10.2. The summed E-state index contributed by atoms with van der Waals surface area (Å²) in [5.74, 6) is 2.54. The molecule has 1 aromatic heterocycles. The Morgan fingerprint density at radius 1 is 1.05 bits per heavy atom. The van der Waals surface area contributed by atoms with Gasteiger partial charge in [0.25, 0.3) is 0 Å². The molecule has 1 heterocycles. The molecule has 1 aromatic carbocycles. The van der Waals surface area contributed by atoms with E-state index in [0.29, 0.717) is 0 Å². The molecule has 0 spiro atoms. The fourth-order valence-electron chi connectivity index (χ4n) is 1.98. The Labute approximate surface area is 130 Å². The molecule has 5 heteroatoms. The summed E-state index contributed by atoms with van der Waals surface area (Å²) in [6, 6.07) is 8.35. The molecule has 2 N–H and O–H groups in total. The van der Waals surface area contributed by atoms with Gasteiger partial charge in [0.15, 0.2) is 0 Å². The Kier molecular flexibility index (Phi) is 5.44. The molecule has 0 fully saturated rings. The van der Waals surface area contributed by atoms with E-state index in [1.807, 2.05) is 13.8 Å². The zero-order valence-corrected chi connectivity index (χ0v) is 13.8. The molecule has 0 aliphatic heterocycles. The van der Waals surface area contributed by atoms with Gasteiger partial charge in [-0.05, 0) is 50.8 Å². The van der Waals surface area contributed by atoms with E-state index >= 15 is 0 Å². The highest BCUT2D eigenvalue weighted by molar-refractivity contribution is 7.98. The van der Waals surface area contributed by atoms with Gasteiger partial charge in [-0.15, -0.1) is 11.8 Å². The first-order chi connectivity index (χ1) is 10.1. The molecule has 0 aliphatic carbocycles. The lowest BCUT2D eigenvalue weighted by Gasteiger charge is -2.14. The summed E-state index contributed by atoms with van der Waals surface area (Å²) in [6.07, 6.45) is 3.15. The predicted octanol–water partition coefficient (Wildman–Crippen LogP) is 4.38. The van der Waals surface area contributed by atoms with Crippen LogP contribution in [-0.2, 0) is 0 Å². The lowest BCUT2D eigenvalue weighted by Crippen LogP contribution is -2.08. The van der Waals surface area contributed by atoms with Crippen LogP contribution in [-0.4, -0.2) is 22.8 Å². The molecule has 21 heavy (non-hydrogen) atoms. The van der Waals surface area contributed by atoms with Crippen LogP contribution in [0.3, 0.4) is 0 Å². The fraction of sp³-hybridized carbons (Fsp3) is 0.375. The third kappa shape index (κ3) is 4.11. The molecule has 0 unspecified atom stereocenters. The predicted molar refractivity (Wildman–Crippen MR) is 91.8 cm³/mol. The van der Waals surface area contributed by atoms with Crippen molar-refractivity contribution in [1.29, 1.82) is 0 Å². The largest absolute Gasteiger partial charge is 0.370 e. The molecule has 0 saturated carbocycles. The molecule has 4 nitrogen and oxygen atoms in total. The van der Waals surface area contributed by atoms with Crippen molar-refractivity contribution in [2.24, 2.45) is 0 Å². The topological polar surface area (TPSA) is 49.8 Å². The fourth-order valence-corrected chi connectivity index (χ4v) is 2.38. The zero-order chi connectivity index (χ0) is 15.2. The van der Waals surface area contributed by atoms with Crippen LogP contribution >= 0.6 is 11.8 Å². The molecule has 0 saturated heterocycles.